The van der Waals surface area contributed by atoms with Crippen molar-refractivity contribution in [2.45, 2.75) is 25.3 Å². The third-order valence-corrected chi connectivity index (χ3v) is 4.52. The van der Waals surface area contributed by atoms with E-state index in [4.69, 9.17) is 0 Å². The number of fused-ring (bicyclic) bond motifs is 1. The van der Waals surface area contributed by atoms with Gasteiger partial charge in [-0.3, -0.25) is 4.79 Å². The number of carbonyl (C=O) groups excluding carboxylic acids is 1. The quantitative estimate of drug-likeness (QED) is 0.863. The summed E-state index contributed by atoms with van der Waals surface area (Å²) in [4.78, 5) is 16.7. The Balaban J connectivity index is 1.91. The molecule has 1 aliphatic heterocycles. The molecule has 1 aliphatic carbocycles. The highest BCUT2D eigenvalue weighted by Gasteiger charge is 2.35. The fourth-order valence-corrected chi connectivity index (χ4v) is 3.31. The number of nitrogens with one attached hydrogen (secondary N) is 1. The zero-order valence-electron chi connectivity index (χ0n) is 11.2. The van der Waals surface area contributed by atoms with Crippen LogP contribution in [-0.4, -0.2) is 20.5 Å². The first-order chi connectivity index (χ1) is 10.2. The predicted octanol–water partition coefficient (Wildman–Crippen LogP) is 3.06. The Morgan fingerprint density at radius 3 is 2.86 bits per heavy atom. The molecular weight excluding hydrogens is 332 g/mol. The fourth-order valence-electron chi connectivity index (χ4n) is 3.05. The van der Waals surface area contributed by atoms with E-state index in [1.165, 1.54) is 6.33 Å². The first-order valence-corrected chi connectivity index (χ1v) is 7.71. The number of hydrogen-bond donors (Lipinski definition) is 1. The molecule has 1 aromatic heterocycles. The van der Waals surface area contributed by atoms with Gasteiger partial charge >= 0.3 is 0 Å². The molecule has 0 saturated carbocycles. The standard InChI is InChI=1S/C15H13BrN4O/c16-10-6-4-9(5-7-10)14-13-11(2-1-3-12(13)21)19-15-17-8-18-20(14)15/h4-8,14H,1-3H2,(H,17,18,19). The summed E-state index contributed by atoms with van der Waals surface area (Å²) in [5.41, 5.74) is 2.88. The maximum Gasteiger partial charge on any atom is 0.226 e. The van der Waals surface area contributed by atoms with Crippen molar-refractivity contribution in [3.05, 3.63) is 51.9 Å². The Labute approximate surface area is 130 Å². The molecule has 0 amide bonds. The van der Waals surface area contributed by atoms with Gasteiger partial charge in [0.2, 0.25) is 5.95 Å². The van der Waals surface area contributed by atoms with Crippen LogP contribution in [0.25, 0.3) is 0 Å². The summed E-state index contributed by atoms with van der Waals surface area (Å²) in [6.07, 6.45) is 3.92. The third-order valence-electron chi connectivity index (χ3n) is 4.00. The Bertz CT molecular complexity index is 747. The molecule has 1 aromatic carbocycles. The second-order valence-electron chi connectivity index (χ2n) is 5.28. The van der Waals surface area contributed by atoms with E-state index < -0.39 is 0 Å². The van der Waals surface area contributed by atoms with Crippen molar-refractivity contribution in [1.82, 2.24) is 14.8 Å². The number of halogens is 1. The van der Waals surface area contributed by atoms with Crippen LogP contribution in [0.2, 0.25) is 0 Å². The molecule has 21 heavy (non-hydrogen) atoms. The fraction of sp³-hybridized carbons (Fsp3) is 0.267. The zero-order chi connectivity index (χ0) is 14.4. The second kappa shape index (κ2) is 4.80. The Morgan fingerprint density at radius 1 is 1.24 bits per heavy atom. The lowest BCUT2D eigenvalue weighted by Gasteiger charge is -2.32. The summed E-state index contributed by atoms with van der Waals surface area (Å²) in [5, 5.41) is 7.57. The minimum Gasteiger partial charge on any atom is -0.328 e. The van der Waals surface area contributed by atoms with Gasteiger partial charge in [0, 0.05) is 22.2 Å². The van der Waals surface area contributed by atoms with Crippen LogP contribution >= 0.6 is 15.9 Å². The average molecular weight is 345 g/mol. The van der Waals surface area contributed by atoms with Crippen LogP contribution in [0.5, 0.6) is 0 Å². The summed E-state index contributed by atoms with van der Waals surface area (Å²) in [6.45, 7) is 0. The summed E-state index contributed by atoms with van der Waals surface area (Å²) in [6, 6.07) is 7.85. The van der Waals surface area contributed by atoms with Gasteiger partial charge in [0.05, 0.1) is 0 Å². The predicted molar refractivity (Wildman–Crippen MR) is 81.8 cm³/mol. The van der Waals surface area contributed by atoms with Crippen LogP contribution in [0.4, 0.5) is 5.95 Å². The number of aromatic nitrogens is 3. The number of benzene rings is 1. The average Bonchev–Trinajstić information content (AvgIpc) is 2.94. The molecule has 1 atom stereocenters. The normalized spacial score (nSPS) is 20.8. The highest BCUT2D eigenvalue weighted by Crippen LogP contribution is 2.39. The summed E-state index contributed by atoms with van der Waals surface area (Å²) in [7, 11) is 0. The number of anilines is 1. The van der Waals surface area contributed by atoms with Gasteiger partial charge in [-0.05, 0) is 30.5 Å². The molecule has 0 saturated heterocycles. The molecule has 1 N–H and O–H groups in total. The van der Waals surface area contributed by atoms with Crippen molar-refractivity contribution in [1.29, 1.82) is 0 Å². The molecule has 4 rings (SSSR count). The van der Waals surface area contributed by atoms with E-state index in [1.807, 2.05) is 24.3 Å². The lowest BCUT2D eigenvalue weighted by molar-refractivity contribution is -0.116. The van der Waals surface area contributed by atoms with E-state index in [0.717, 1.165) is 34.1 Å². The van der Waals surface area contributed by atoms with E-state index in [0.29, 0.717) is 12.4 Å². The van der Waals surface area contributed by atoms with Crippen molar-refractivity contribution >= 4 is 27.7 Å². The summed E-state index contributed by atoms with van der Waals surface area (Å²) >= 11 is 3.45. The topological polar surface area (TPSA) is 59.8 Å². The summed E-state index contributed by atoms with van der Waals surface area (Å²) < 4.78 is 2.81. The van der Waals surface area contributed by atoms with Gasteiger partial charge in [0.15, 0.2) is 5.78 Å². The third kappa shape index (κ3) is 2.01. The van der Waals surface area contributed by atoms with Crippen LogP contribution in [0.1, 0.15) is 30.9 Å². The number of carbonyl (C=O) groups is 1. The summed E-state index contributed by atoms with van der Waals surface area (Å²) in [5.74, 6) is 0.911. The molecule has 2 aliphatic rings. The van der Waals surface area contributed by atoms with Gasteiger partial charge in [-0.2, -0.15) is 10.1 Å². The minimum atomic E-state index is -0.181. The molecule has 0 fully saturated rings. The Hall–Kier alpha value is -1.95. The number of allylic oxidation sites excluding steroid dienone is 2. The monoisotopic (exact) mass is 344 g/mol. The van der Waals surface area contributed by atoms with Gasteiger partial charge in [-0.15, -0.1) is 0 Å². The molecule has 1 unspecified atom stereocenters. The van der Waals surface area contributed by atoms with Crippen LogP contribution in [-0.2, 0) is 4.79 Å². The van der Waals surface area contributed by atoms with Crippen molar-refractivity contribution < 1.29 is 4.79 Å². The van der Waals surface area contributed by atoms with E-state index in [1.54, 1.807) is 4.68 Å². The number of hydrogen-bond acceptors (Lipinski definition) is 4. The first kappa shape index (κ1) is 12.8. The molecule has 0 spiro atoms. The molecule has 0 radical (unpaired) electrons. The maximum atomic E-state index is 12.4. The lowest BCUT2D eigenvalue weighted by atomic mass is 9.85. The molecule has 2 heterocycles. The highest BCUT2D eigenvalue weighted by molar-refractivity contribution is 9.10. The van der Waals surface area contributed by atoms with Gasteiger partial charge in [0.1, 0.15) is 12.4 Å². The van der Waals surface area contributed by atoms with Crippen LogP contribution in [0, 0.1) is 0 Å². The van der Waals surface area contributed by atoms with E-state index >= 15 is 0 Å². The SMILES string of the molecule is O=C1CCCC2=C1C(c1ccc(Br)cc1)n1ncnc1N2. The van der Waals surface area contributed by atoms with Crippen molar-refractivity contribution in [2.75, 3.05) is 5.32 Å². The van der Waals surface area contributed by atoms with Gasteiger partial charge < -0.3 is 5.32 Å². The first-order valence-electron chi connectivity index (χ1n) is 6.92. The number of Topliss-reactive ketones (excluding diaryl/α,β-unsaturated/α-hetero) is 1. The lowest BCUT2D eigenvalue weighted by Crippen LogP contribution is -2.31. The molecule has 106 valence electrons. The Kier molecular flexibility index (Phi) is 2.92. The van der Waals surface area contributed by atoms with Gasteiger partial charge in [-0.1, -0.05) is 28.1 Å². The maximum absolute atomic E-state index is 12.4. The van der Waals surface area contributed by atoms with Crippen LogP contribution in [0.15, 0.2) is 46.3 Å². The minimum absolute atomic E-state index is 0.181. The molecule has 2 aromatic rings. The van der Waals surface area contributed by atoms with Gasteiger partial charge in [-0.25, -0.2) is 4.68 Å². The van der Waals surface area contributed by atoms with Crippen molar-refractivity contribution in [2.24, 2.45) is 0 Å². The van der Waals surface area contributed by atoms with E-state index in [2.05, 4.69) is 31.3 Å². The van der Waals surface area contributed by atoms with Crippen molar-refractivity contribution in [3.63, 3.8) is 0 Å². The molecule has 5 nitrogen and oxygen atoms in total. The number of rotatable bonds is 1. The number of nitrogens with zero attached hydrogens (tertiary/aromatic N) is 3. The van der Waals surface area contributed by atoms with Crippen LogP contribution < -0.4 is 5.32 Å². The van der Waals surface area contributed by atoms with E-state index in [-0.39, 0.29) is 11.8 Å². The smallest absolute Gasteiger partial charge is 0.226 e. The Morgan fingerprint density at radius 2 is 2.05 bits per heavy atom. The second-order valence-corrected chi connectivity index (χ2v) is 6.19. The zero-order valence-corrected chi connectivity index (χ0v) is 12.8. The molecule has 0 bridgehead atoms. The highest BCUT2D eigenvalue weighted by atomic mass is 79.9. The molecular formula is C15H13BrN4O. The van der Waals surface area contributed by atoms with Gasteiger partial charge in [0.25, 0.3) is 0 Å². The van der Waals surface area contributed by atoms with Crippen LogP contribution in [0.3, 0.4) is 0 Å². The number of ketones is 1. The van der Waals surface area contributed by atoms with E-state index in [9.17, 15) is 4.79 Å². The largest absolute Gasteiger partial charge is 0.328 e. The van der Waals surface area contributed by atoms with Crippen molar-refractivity contribution in [3.8, 4) is 0 Å². The molecule has 6 heteroatoms.